The number of pyridine rings is 1. The number of nitrogens with zero attached hydrogens (tertiary/aromatic N) is 2. The van der Waals surface area contributed by atoms with E-state index in [4.69, 9.17) is 4.74 Å². The molecule has 0 unspecified atom stereocenters. The minimum atomic E-state index is -0.339. The number of hydrogen-bond donors (Lipinski definition) is 0. The molecule has 184 valence electrons. The van der Waals surface area contributed by atoms with Gasteiger partial charge in [0.05, 0.1) is 23.9 Å². The van der Waals surface area contributed by atoms with Crippen LogP contribution in [0.3, 0.4) is 0 Å². The highest BCUT2D eigenvalue weighted by Crippen LogP contribution is 2.40. The van der Waals surface area contributed by atoms with Crippen molar-refractivity contribution in [3.05, 3.63) is 111 Å². The maximum atomic E-state index is 13.9. The molecule has 3 aromatic carbocycles. The van der Waals surface area contributed by atoms with Crippen LogP contribution in [0.2, 0.25) is 0 Å². The van der Waals surface area contributed by atoms with Crippen LogP contribution in [0.4, 0.5) is 0 Å². The molecule has 0 saturated carbocycles. The minimum Gasteiger partial charge on any atom is -0.494 e. The molecule has 0 bridgehead atoms. The van der Waals surface area contributed by atoms with Crippen molar-refractivity contribution in [3.63, 3.8) is 0 Å². The maximum Gasteiger partial charge on any atom is 0.268 e. The number of ether oxygens (including phenoxy) is 1. The Balaban J connectivity index is 1.48. The molecule has 37 heavy (non-hydrogen) atoms. The van der Waals surface area contributed by atoms with E-state index in [0.29, 0.717) is 39.1 Å². The molecule has 0 aliphatic carbocycles. The van der Waals surface area contributed by atoms with E-state index < -0.39 is 0 Å². The first kappa shape index (κ1) is 23.2. The smallest absolute Gasteiger partial charge is 0.268 e. The summed E-state index contributed by atoms with van der Waals surface area (Å²) in [6.45, 7) is 1.01. The Bertz CT molecular complexity index is 1740. The lowest BCUT2D eigenvalue weighted by Crippen LogP contribution is -2.35. The van der Waals surface area contributed by atoms with Crippen molar-refractivity contribution in [3.8, 4) is 5.75 Å². The van der Waals surface area contributed by atoms with Crippen molar-refractivity contribution < 1.29 is 14.3 Å². The fourth-order valence-electron chi connectivity index (χ4n) is 5.11. The van der Waals surface area contributed by atoms with Gasteiger partial charge in [-0.3, -0.25) is 19.0 Å². The zero-order valence-corrected chi connectivity index (χ0v) is 21.1. The van der Waals surface area contributed by atoms with Crippen LogP contribution in [0, 0.1) is 0 Å². The van der Waals surface area contributed by atoms with E-state index in [-0.39, 0.29) is 29.5 Å². The molecule has 1 aliphatic rings. The Morgan fingerprint density at radius 3 is 2.41 bits per heavy atom. The molecule has 0 N–H and O–H groups in total. The van der Waals surface area contributed by atoms with Gasteiger partial charge in [0, 0.05) is 24.0 Å². The summed E-state index contributed by atoms with van der Waals surface area (Å²) in [4.78, 5) is 42.9. The second-order valence-electron chi connectivity index (χ2n) is 9.11. The molecule has 0 saturated heterocycles. The second-order valence-corrected chi connectivity index (χ2v) is 10.1. The molecule has 0 fully saturated rings. The van der Waals surface area contributed by atoms with Crippen LogP contribution in [-0.2, 0) is 19.5 Å². The number of methoxy groups -OCH3 is 1. The number of rotatable bonds is 5. The van der Waals surface area contributed by atoms with Gasteiger partial charge in [-0.2, -0.15) is 0 Å². The number of carbonyl (C=O) groups excluding carboxylic acids is 2. The minimum absolute atomic E-state index is 0.107. The monoisotopic (exact) mass is 508 g/mol. The van der Waals surface area contributed by atoms with Gasteiger partial charge in [-0.25, -0.2) is 0 Å². The standard InChI is InChI=1S/C30H24N2O4S/c1-36-26-25-27(37-28(26)30(35)31-16-15-19-9-5-6-12-21(19)17-31)22-13-7-8-14-23(22)32(29(25)34)18-24(33)20-10-3-2-4-11-20/h2-14H,15-18H2,1H3. The summed E-state index contributed by atoms with van der Waals surface area (Å²) >= 11 is 1.28. The molecular formula is C30H24N2O4S. The lowest BCUT2D eigenvalue weighted by atomic mass is 10.00. The van der Waals surface area contributed by atoms with Gasteiger partial charge in [0.25, 0.3) is 11.5 Å². The fraction of sp³-hybridized carbons (Fsp3) is 0.167. The first-order valence-electron chi connectivity index (χ1n) is 12.1. The number of aromatic nitrogens is 1. The Kier molecular flexibility index (Phi) is 5.85. The van der Waals surface area contributed by atoms with Crippen molar-refractivity contribution in [1.82, 2.24) is 9.47 Å². The van der Waals surface area contributed by atoms with E-state index >= 15 is 0 Å². The topological polar surface area (TPSA) is 68.6 Å². The van der Waals surface area contributed by atoms with E-state index in [2.05, 4.69) is 6.07 Å². The van der Waals surface area contributed by atoms with Gasteiger partial charge in [-0.05, 0) is 23.6 Å². The van der Waals surface area contributed by atoms with Gasteiger partial charge in [0.1, 0.15) is 10.3 Å². The number of amides is 1. The third-order valence-electron chi connectivity index (χ3n) is 6.98. The summed E-state index contributed by atoms with van der Waals surface area (Å²) in [6.07, 6.45) is 0.784. The van der Waals surface area contributed by atoms with Gasteiger partial charge in [-0.15, -0.1) is 11.3 Å². The largest absolute Gasteiger partial charge is 0.494 e. The molecule has 2 aromatic heterocycles. The van der Waals surface area contributed by atoms with Crippen molar-refractivity contribution in [2.24, 2.45) is 0 Å². The molecule has 0 atom stereocenters. The summed E-state index contributed by atoms with van der Waals surface area (Å²) in [6, 6.07) is 24.6. The number of para-hydroxylation sites is 1. The zero-order chi connectivity index (χ0) is 25.5. The number of fused-ring (bicyclic) bond motifs is 4. The molecule has 6 nitrogen and oxygen atoms in total. The third kappa shape index (κ3) is 3.92. The molecule has 0 spiro atoms. The van der Waals surface area contributed by atoms with Crippen LogP contribution in [0.15, 0.2) is 83.7 Å². The quantitative estimate of drug-likeness (QED) is 0.302. The van der Waals surface area contributed by atoms with Crippen LogP contribution in [-0.4, -0.2) is 34.8 Å². The number of thiophene rings is 1. The highest BCUT2D eigenvalue weighted by atomic mass is 32.1. The van der Waals surface area contributed by atoms with Crippen molar-refractivity contribution in [2.45, 2.75) is 19.5 Å². The van der Waals surface area contributed by atoms with E-state index in [9.17, 15) is 14.4 Å². The normalized spacial score (nSPS) is 13.1. The molecule has 0 radical (unpaired) electrons. The van der Waals surface area contributed by atoms with Crippen LogP contribution < -0.4 is 10.3 Å². The van der Waals surface area contributed by atoms with Crippen molar-refractivity contribution in [2.75, 3.05) is 13.7 Å². The first-order valence-corrected chi connectivity index (χ1v) is 12.9. The number of ketones is 1. The number of benzene rings is 3. The highest BCUT2D eigenvalue weighted by molar-refractivity contribution is 7.22. The molecule has 5 aromatic rings. The van der Waals surface area contributed by atoms with E-state index in [1.165, 1.54) is 28.6 Å². The predicted molar refractivity (Wildman–Crippen MR) is 146 cm³/mol. The molecule has 3 heterocycles. The van der Waals surface area contributed by atoms with E-state index in [0.717, 1.165) is 17.4 Å². The SMILES string of the molecule is COc1c(C(=O)N2CCc3ccccc3C2)sc2c1c(=O)n(CC(=O)c1ccccc1)c1ccccc21. The lowest BCUT2D eigenvalue weighted by molar-refractivity contribution is 0.0736. The Hall–Kier alpha value is -4.23. The van der Waals surface area contributed by atoms with Gasteiger partial charge in [-0.1, -0.05) is 72.8 Å². The van der Waals surface area contributed by atoms with Crippen LogP contribution in [0.25, 0.3) is 21.0 Å². The average Bonchev–Trinajstić information content (AvgIpc) is 3.35. The Labute approximate surface area is 217 Å². The van der Waals surface area contributed by atoms with Crippen LogP contribution in [0.5, 0.6) is 5.75 Å². The summed E-state index contributed by atoms with van der Waals surface area (Å²) in [5.74, 6) is -0.0341. The number of hydrogen-bond acceptors (Lipinski definition) is 5. The summed E-state index contributed by atoms with van der Waals surface area (Å²) in [7, 11) is 1.48. The van der Waals surface area contributed by atoms with Crippen LogP contribution >= 0.6 is 11.3 Å². The maximum absolute atomic E-state index is 13.9. The number of Topliss-reactive ketones (excluding diaryl/α,β-unsaturated/α-hetero) is 1. The third-order valence-corrected chi connectivity index (χ3v) is 8.17. The highest BCUT2D eigenvalue weighted by Gasteiger charge is 2.29. The summed E-state index contributed by atoms with van der Waals surface area (Å²) in [5.41, 5.74) is 3.24. The summed E-state index contributed by atoms with van der Waals surface area (Å²) < 4.78 is 7.91. The summed E-state index contributed by atoms with van der Waals surface area (Å²) in [5, 5.41) is 1.15. The fourth-order valence-corrected chi connectivity index (χ4v) is 6.37. The molecule has 1 aliphatic heterocycles. The average molecular weight is 509 g/mol. The second kappa shape index (κ2) is 9.33. The van der Waals surface area contributed by atoms with Crippen molar-refractivity contribution >= 4 is 44.0 Å². The van der Waals surface area contributed by atoms with Crippen LogP contribution in [0.1, 0.15) is 31.2 Å². The Morgan fingerprint density at radius 1 is 0.919 bits per heavy atom. The molecule has 7 heteroatoms. The van der Waals surface area contributed by atoms with Gasteiger partial charge >= 0.3 is 0 Å². The number of carbonyl (C=O) groups is 2. The van der Waals surface area contributed by atoms with Gasteiger partial charge < -0.3 is 9.64 Å². The van der Waals surface area contributed by atoms with Gasteiger partial charge in [0.2, 0.25) is 0 Å². The zero-order valence-electron chi connectivity index (χ0n) is 20.3. The van der Waals surface area contributed by atoms with Crippen molar-refractivity contribution in [1.29, 1.82) is 0 Å². The molecule has 1 amide bonds. The first-order chi connectivity index (χ1) is 18.1. The van der Waals surface area contributed by atoms with E-state index in [1.54, 1.807) is 24.3 Å². The Morgan fingerprint density at radius 2 is 1.62 bits per heavy atom. The van der Waals surface area contributed by atoms with Gasteiger partial charge in [0.15, 0.2) is 11.5 Å². The molecular weight excluding hydrogens is 484 g/mol. The predicted octanol–water partition coefficient (Wildman–Crippen LogP) is 5.31. The molecule has 6 rings (SSSR count). The lowest BCUT2D eigenvalue weighted by Gasteiger charge is -2.28. The van der Waals surface area contributed by atoms with E-state index in [1.807, 2.05) is 53.4 Å².